The normalized spacial score (nSPS) is 15.0. The van der Waals surface area contributed by atoms with E-state index in [1.54, 1.807) is 7.11 Å². The van der Waals surface area contributed by atoms with Crippen molar-refractivity contribution in [1.82, 2.24) is 0 Å². The lowest BCUT2D eigenvalue weighted by molar-refractivity contribution is 0.205. The van der Waals surface area contributed by atoms with Crippen molar-refractivity contribution < 1.29 is 13.5 Å². The molecule has 1 aromatic carbocycles. The molecule has 1 fully saturated rings. The van der Waals surface area contributed by atoms with E-state index in [4.69, 9.17) is 10.5 Å². The minimum Gasteiger partial charge on any atom is -0.395 e. The molecule has 0 atom stereocenters. The lowest BCUT2D eigenvalue weighted by atomic mass is 10.2. The fourth-order valence-electron chi connectivity index (χ4n) is 1.88. The van der Waals surface area contributed by atoms with Crippen LogP contribution in [-0.2, 0) is 4.74 Å². The van der Waals surface area contributed by atoms with Gasteiger partial charge in [-0.2, -0.15) is 0 Å². The average Bonchev–Trinajstić information content (AvgIpc) is 3.09. The van der Waals surface area contributed by atoms with Gasteiger partial charge in [0.1, 0.15) is 5.82 Å². The Morgan fingerprint density at radius 1 is 1.41 bits per heavy atom. The minimum absolute atomic E-state index is 0.00871. The summed E-state index contributed by atoms with van der Waals surface area (Å²) >= 11 is 0. The minimum atomic E-state index is -0.705. The maximum absolute atomic E-state index is 13.4. The number of methoxy groups -OCH3 is 1. The number of anilines is 2. The molecule has 3 nitrogen and oxygen atoms in total. The zero-order valence-electron chi connectivity index (χ0n) is 9.75. The monoisotopic (exact) mass is 242 g/mol. The van der Waals surface area contributed by atoms with Crippen LogP contribution in [0, 0.1) is 11.6 Å². The van der Waals surface area contributed by atoms with Crippen LogP contribution >= 0.6 is 0 Å². The maximum atomic E-state index is 13.4. The molecular formula is C12H16F2N2O. The quantitative estimate of drug-likeness (QED) is 0.804. The number of nitrogens with zero attached hydrogens (tertiary/aromatic N) is 1. The first kappa shape index (κ1) is 12.1. The van der Waals surface area contributed by atoms with Gasteiger partial charge in [-0.15, -0.1) is 0 Å². The van der Waals surface area contributed by atoms with Crippen molar-refractivity contribution in [3.05, 3.63) is 23.8 Å². The summed E-state index contributed by atoms with van der Waals surface area (Å²) < 4.78 is 31.6. The molecule has 17 heavy (non-hydrogen) atoms. The molecule has 0 radical (unpaired) electrons. The first-order valence-electron chi connectivity index (χ1n) is 5.63. The number of rotatable bonds is 5. The van der Waals surface area contributed by atoms with E-state index >= 15 is 0 Å². The van der Waals surface area contributed by atoms with Crippen LogP contribution in [0.5, 0.6) is 0 Å². The molecule has 0 saturated heterocycles. The zero-order valence-corrected chi connectivity index (χ0v) is 9.75. The van der Waals surface area contributed by atoms with E-state index in [-0.39, 0.29) is 5.69 Å². The summed E-state index contributed by atoms with van der Waals surface area (Å²) in [6.07, 6.45) is 2.06. The van der Waals surface area contributed by atoms with Crippen LogP contribution in [0.25, 0.3) is 0 Å². The lowest BCUT2D eigenvalue weighted by Crippen LogP contribution is -2.30. The smallest absolute Gasteiger partial charge is 0.151 e. The van der Waals surface area contributed by atoms with Crippen molar-refractivity contribution in [2.75, 3.05) is 30.9 Å². The Hall–Kier alpha value is -1.36. The highest BCUT2D eigenvalue weighted by Crippen LogP contribution is 2.36. The summed E-state index contributed by atoms with van der Waals surface area (Å²) in [5.74, 6) is -1.31. The highest BCUT2D eigenvalue weighted by Gasteiger charge is 2.30. The second kappa shape index (κ2) is 4.87. The first-order chi connectivity index (χ1) is 8.13. The first-order valence-corrected chi connectivity index (χ1v) is 5.63. The Balaban J connectivity index is 2.28. The van der Waals surface area contributed by atoms with Gasteiger partial charge in [0.15, 0.2) is 5.82 Å². The van der Waals surface area contributed by atoms with Gasteiger partial charge in [-0.05, 0) is 18.9 Å². The van der Waals surface area contributed by atoms with E-state index < -0.39 is 11.6 Å². The maximum Gasteiger partial charge on any atom is 0.151 e. The molecule has 0 bridgehead atoms. The van der Waals surface area contributed by atoms with Crippen LogP contribution in [0.1, 0.15) is 12.8 Å². The number of halogens is 2. The summed E-state index contributed by atoms with van der Waals surface area (Å²) in [6.45, 7) is 1.10. The van der Waals surface area contributed by atoms with Gasteiger partial charge in [0.05, 0.1) is 18.0 Å². The van der Waals surface area contributed by atoms with Crippen molar-refractivity contribution in [3.8, 4) is 0 Å². The molecule has 1 saturated carbocycles. The van der Waals surface area contributed by atoms with Gasteiger partial charge in [0.25, 0.3) is 0 Å². The number of ether oxygens (including phenoxy) is 1. The summed E-state index contributed by atoms with van der Waals surface area (Å²) in [5, 5.41) is 0. The second-order valence-corrected chi connectivity index (χ2v) is 4.24. The van der Waals surface area contributed by atoms with Crippen LogP contribution in [0.2, 0.25) is 0 Å². The molecule has 0 heterocycles. The van der Waals surface area contributed by atoms with Gasteiger partial charge in [-0.25, -0.2) is 8.78 Å². The van der Waals surface area contributed by atoms with Crippen LogP contribution in [-0.4, -0.2) is 26.3 Å². The molecule has 1 aliphatic carbocycles. The van der Waals surface area contributed by atoms with E-state index in [1.807, 2.05) is 4.90 Å². The third kappa shape index (κ3) is 2.66. The van der Waals surface area contributed by atoms with Crippen LogP contribution < -0.4 is 10.6 Å². The molecule has 5 heteroatoms. The number of benzene rings is 1. The number of nitrogens with two attached hydrogens (primary N) is 1. The van der Waals surface area contributed by atoms with E-state index in [2.05, 4.69) is 0 Å². The molecule has 1 aromatic rings. The van der Waals surface area contributed by atoms with E-state index in [1.165, 1.54) is 6.07 Å². The van der Waals surface area contributed by atoms with Gasteiger partial charge >= 0.3 is 0 Å². The highest BCUT2D eigenvalue weighted by molar-refractivity contribution is 5.69. The Labute approximate surface area is 99.2 Å². The summed E-state index contributed by atoms with van der Waals surface area (Å²) in [6, 6.07) is 2.42. The molecule has 2 N–H and O–H groups in total. The topological polar surface area (TPSA) is 38.5 Å². The SMILES string of the molecule is COCCN(c1cc(F)cc(F)c1N)C1CC1. The fraction of sp³-hybridized carbons (Fsp3) is 0.500. The molecule has 2 rings (SSSR count). The molecular weight excluding hydrogens is 226 g/mol. The third-order valence-electron chi connectivity index (χ3n) is 2.91. The largest absolute Gasteiger partial charge is 0.395 e. The second-order valence-electron chi connectivity index (χ2n) is 4.24. The van der Waals surface area contributed by atoms with Gasteiger partial charge in [0, 0.05) is 25.8 Å². The van der Waals surface area contributed by atoms with Gasteiger partial charge in [-0.1, -0.05) is 0 Å². The number of hydrogen-bond donors (Lipinski definition) is 1. The summed E-state index contributed by atoms with van der Waals surface area (Å²) in [7, 11) is 1.60. The van der Waals surface area contributed by atoms with E-state index in [0.29, 0.717) is 24.9 Å². The van der Waals surface area contributed by atoms with E-state index in [0.717, 1.165) is 18.9 Å². The number of hydrogen-bond acceptors (Lipinski definition) is 3. The van der Waals surface area contributed by atoms with Crippen molar-refractivity contribution in [1.29, 1.82) is 0 Å². The summed E-state index contributed by atoms with van der Waals surface area (Å²) in [4.78, 5) is 1.92. The Kier molecular flexibility index (Phi) is 3.47. The number of nitrogen functional groups attached to an aromatic ring is 1. The Morgan fingerprint density at radius 2 is 2.12 bits per heavy atom. The molecule has 0 amide bonds. The Bertz CT molecular complexity index is 408. The fourth-order valence-corrected chi connectivity index (χ4v) is 1.88. The highest BCUT2D eigenvalue weighted by atomic mass is 19.1. The van der Waals surface area contributed by atoms with Crippen molar-refractivity contribution in [2.45, 2.75) is 18.9 Å². The third-order valence-corrected chi connectivity index (χ3v) is 2.91. The van der Waals surface area contributed by atoms with Crippen molar-refractivity contribution >= 4 is 11.4 Å². The van der Waals surface area contributed by atoms with Crippen LogP contribution in [0.4, 0.5) is 20.2 Å². The molecule has 94 valence electrons. The van der Waals surface area contributed by atoms with Gasteiger partial charge in [-0.3, -0.25) is 0 Å². The predicted octanol–water partition coefficient (Wildman–Crippen LogP) is 2.16. The van der Waals surface area contributed by atoms with Gasteiger partial charge in [0.2, 0.25) is 0 Å². The van der Waals surface area contributed by atoms with Gasteiger partial charge < -0.3 is 15.4 Å². The molecule has 0 aliphatic heterocycles. The van der Waals surface area contributed by atoms with Crippen molar-refractivity contribution in [3.63, 3.8) is 0 Å². The molecule has 0 spiro atoms. The average molecular weight is 242 g/mol. The zero-order chi connectivity index (χ0) is 12.4. The lowest BCUT2D eigenvalue weighted by Gasteiger charge is -2.26. The van der Waals surface area contributed by atoms with E-state index in [9.17, 15) is 8.78 Å². The molecule has 1 aliphatic rings. The van der Waals surface area contributed by atoms with Crippen molar-refractivity contribution in [2.24, 2.45) is 0 Å². The van der Waals surface area contributed by atoms with Crippen LogP contribution in [0.15, 0.2) is 12.1 Å². The Morgan fingerprint density at radius 3 is 2.71 bits per heavy atom. The predicted molar refractivity (Wildman–Crippen MR) is 63.0 cm³/mol. The summed E-state index contributed by atoms with van der Waals surface area (Å²) in [5.41, 5.74) is 6.11. The van der Waals surface area contributed by atoms with Crippen LogP contribution in [0.3, 0.4) is 0 Å². The standard InChI is InChI=1S/C12H16F2N2O/c1-17-5-4-16(9-2-3-9)11-7-8(13)6-10(14)12(11)15/h6-7,9H,2-5,15H2,1H3. The molecule has 0 aromatic heterocycles. The molecule has 0 unspecified atom stereocenters.